The Balaban J connectivity index is 2.31. The van der Waals surface area contributed by atoms with Gasteiger partial charge in [-0.25, -0.2) is 0 Å². The Morgan fingerprint density at radius 1 is 1.50 bits per heavy atom. The Kier molecular flexibility index (Phi) is 2.69. The molecular weight excluding hydrogens is 128 g/mol. The van der Waals surface area contributed by atoms with E-state index in [1.807, 2.05) is 0 Å². The van der Waals surface area contributed by atoms with Gasteiger partial charge in [0.15, 0.2) is 0 Å². The van der Waals surface area contributed by atoms with Crippen LogP contribution in [0.4, 0.5) is 0 Å². The second-order valence-electron chi connectivity index (χ2n) is 3.15. The zero-order chi connectivity index (χ0) is 7.56. The van der Waals surface area contributed by atoms with E-state index < -0.39 is 0 Å². The van der Waals surface area contributed by atoms with E-state index >= 15 is 0 Å². The van der Waals surface area contributed by atoms with E-state index in [9.17, 15) is 0 Å². The molecule has 1 rings (SSSR count). The van der Waals surface area contributed by atoms with E-state index in [0.29, 0.717) is 18.1 Å². The maximum Gasteiger partial charge on any atom is 0.0838 e. The van der Waals surface area contributed by atoms with Crippen LogP contribution < -0.4 is 0 Å². The molecule has 0 aromatic heterocycles. The standard InChI is InChI=1S/C8H16O2/c1-6-4-7(2)10-8(6)5-9-3/h6-8H,4-5H2,1-3H3/t6-,7-,8+/m0/s1. The van der Waals surface area contributed by atoms with Gasteiger partial charge in [-0.15, -0.1) is 0 Å². The fourth-order valence-corrected chi connectivity index (χ4v) is 1.53. The quantitative estimate of drug-likeness (QED) is 0.584. The highest BCUT2D eigenvalue weighted by Gasteiger charge is 2.28. The molecule has 1 saturated heterocycles. The van der Waals surface area contributed by atoms with Gasteiger partial charge in [0.25, 0.3) is 0 Å². The smallest absolute Gasteiger partial charge is 0.0838 e. The molecular formula is C8H16O2. The first kappa shape index (κ1) is 8.02. The van der Waals surface area contributed by atoms with Crippen LogP contribution >= 0.6 is 0 Å². The number of hydrogen-bond acceptors (Lipinski definition) is 2. The summed E-state index contributed by atoms with van der Waals surface area (Å²) in [5.41, 5.74) is 0. The fourth-order valence-electron chi connectivity index (χ4n) is 1.53. The SMILES string of the molecule is COC[C@H]1O[C@@H](C)C[C@@H]1C. The predicted octanol–water partition coefficient (Wildman–Crippen LogP) is 1.45. The van der Waals surface area contributed by atoms with E-state index in [1.165, 1.54) is 6.42 Å². The molecule has 3 atom stereocenters. The summed E-state index contributed by atoms with van der Waals surface area (Å²) < 4.78 is 10.6. The third-order valence-electron chi connectivity index (χ3n) is 2.08. The van der Waals surface area contributed by atoms with Crippen molar-refractivity contribution in [1.82, 2.24) is 0 Å². The molecule has 0 saturated carbocycles. The summed E-state index contributed by atoms with van der Waals surface area (Å²) >= 11 is 0. The molecule has 0 aromatic rings. The highest BCUT2D eigenvalue weighted by Crippen LogP contribution is 2.25. The van der Waals surface area contributed by atoms with E-state index in [1.54, 1.807) is 7.11 Å². The molecule has 0 bridgehead atoms. The topological polar surface area (TPSA) is 18.5 Å². The second-order valence-corrected chi connectivity index (χ2v) is 3.15. The van der Waals surface area contributed by atoms with Crippen molar-refractivity contribution >= 4 is 0 Å². The van der Waals surface area contributed by atoms with Crippen LogP contribution in [0.1, 0.15) is 20.3 Å². The third kappa shape index (κ3) is 1.70. The van der Waals surface area contributed by atoms with Crippen LogP contribution in [0.25, 0.3) is 0 Å². The monoisotopic (exact) mass is 144 g/mol. The van der Waals surface area contributed by atoms with Gasteiger partial charge in [0.05, 0.1) is 18.8 Å². The average Bonchev–Trinajstić information content (AvgIpc) is 2.13. The lowest BCUT2D eigenvalue weighted by atomic mass is 10.0. The molecule has 60 valence electrons. The molecule has 2 nitrogen and oxygen atoms in total. The predicted molar refractivity (Wildman–Crippen MR) is 40.0 cm³/mol. The van der Waals surface area contributed by atoms with Crippen molar-refractivity contribution in [3.05, 3.63) is 0 Å². The summed E-state index contributed by atoms with van der Waals surface area (Å²) in [6.07, 6.45) is 1.93. The number of methoxy groups -OCH3 is 1. The number of ether oxygens (including phenoxy) is 2. The molecule has 1 fully saturated rings. The number of hydrogen-bond donors (Lipinski definition) is 0. The first-order chi connectivity index (χ1) is 4.74. The normalized spacial score (nSPS) is 40.5. The molecule has 10 heavy (non-hydrogen) atoms. The molecule has 0 aliphatic carbocycles. The van der Waals surface area contributed by atoms with Gasteiger partial charge in [0, 0.05) is 7.11 Å². The Morgan fingerprint density at radius 2 is 2.20 bits per heavy atom. The van der Waals surface area contributed by atoms with E-state index in [0.717, 1.165) is 6.61 Å². The highest BCUT2D eigenvalue weighted by atomic mass is 16.5. The zero-order valence-electron chi connectivity index (χ0n) is 6.96. The van der Waals surface area contributed by atoms with Crippen LogP contribution in [-0.2, 0) is 9.47 Å². The largest absolute Gasteiger partial charge is 0.382 e. The summed E-state index contributed by atoms with van der Waals surface area (Å²) in [5, 5.41) is 0. The highest BCUT2D eigenvalue weighted by molar-refractivity contribution is 4.76. The van der Waals surface area contributed by atoms with Crippen molar-refractivity contribution in [1.29, 1.82) is 0 Å². The van der Waals surface area contributed by atoms with Gasteiger partial charge in [-0.1, -0.05) is 6.92 Å². The van der Waals surface area contributed by atoms with Crippen LogP contribution in [0.5, 0.6) is 0 Å². The lowest BCUT2D eigenvalue weighted by molar-refractivity contribution is -0.00517. The average molecular weight is 144 g/mol. The molecule has 2 heteroatoms. The van der Waals surface area contributed by atoms with Crippen LogP contribution in [0.15, 0.2) is 0 Å². The lowest BCUT2D eigenvalue weighted by Crippen LogP contribution is -2.19. The minimum absolute atomic E-state index is 0.333. The van der Waals surface area contributed by atoms with Crippen LogP contribution in [0.2, 0.25) is 0 Å². The molecule has 0 amide bonds. The maximum absolute atomic E-state index is 5.59. The van der Waals surface area contributed by atoms with E-state index in [-0.39, 0.29) is 0 Å². The van der Waals surface area contributed by atoms with E-state index in [4.69, 9.17) is 9.47 Å². The van der Waals surface area contributed by atoms with Gasteiger partial charge in [-0.3, -0.25) is 0 Å². The van der Waals surface area contributed by atoms with Gasteiger partial charge in [0.1, 0.15) is 0 Å². The third-order valence-corrected chi connectivity index (χ3v) is 2.08. The lowest BCUT2D eigenvalue weighted by Gasteiger charge is -2.12. The second kappa shape index (κ2) is 3.35. The molecule has 0 spiro atoms. The summed E-state index contributed by atoms with van der Waals surface area (Å²) in [6.45, 7) is 5.07. The van der Waals surface area contributed by atoms with Gasteiger partial charge in [-0.05, 0) is 19.3 Å². The van der Waals surface area contributed by atoms with Gasteiger partial charge in [0.2, 0.25) is 0 Å². The molecule has 0 aromatic carbocycles. The maximum atomic E-state index is 5.59. The van der Waals surface area contributed by atoms with Crippen LogP contribution in [0, 0.1) is 5.92 Å². The van der Waals surface area contributed by atoms with Crippen molar-refractivity contribution in [3.63, 3.8) is 0 Å². The Labute approximate surface area is 62.5 Å². The Hall–Kier alpha value is -0.0800. The van der Waals surface area contributed by atoms with Crippen molar-refractivity contribution < 1.29 is 9.47 Å². The molecule has 1 heterocycles. The summed E-state index contributed by atoms with van der Waals surface area (Å²) in [6, 6.07) is 0. The molecule has 1 aliphatic heterocycles. The van der Waals surface area contributed by atoms with Gasteiger partial charge >= 0.3 is 0 Å². The van der Waals surface area contributed by atoms with Gasteiger partial charge < -0.3 is 9.47 Å². The Bertz CT molecular complexity index is 103. The first-order valence-corrected chi connectivity index (χ1v) is 3.88. The Morgan fingerprint density at radius 3 is 2.60 bits per heavy atom. The van der Waals surface area contributed by atoms with Crippen molar-refractivity contribution in [2.45, 2.75) is 32.5 Å². The summed E-state index contributed by atoms with van der Waals surface area (Å²) in [4.78, 5) is 0. The zero-order valence-corrected chi connectivity index (χ0v) is 6.96. The summed E-state index contributed by atoms with van der Waals surface area (Å²) in [7, 11) is 1.72. The molecule has 0 N–H and O–H groups in total. The van der Waals surface area contributed by atoms with Crippen LogP contribution in [0.3, 0.4) is 0 Å². The molecule has 0 radical (unpaired) electrons. The van der Waals surface area contributed by atoms with Crippen molar-refractivity contribution in [2.24, 2.45) is 5.92 Å². The minimum Gasteiger partial charge on any atom is -0.382 e. The van der Waals surface area contributed by atoms with Crippen molar-refractivity contribution in [3.8, 4) is 0 Å². The van der Waals surface area contributed by atoms with E-state index in [2.05, 4.69) is 13.8 Å². The molecule has 0 unspecified atom stereocenters. The van der Waals surface area contributed by atoms with Crippen LogP contribution in [-0.4, -0.2) is 25.9 Å². The molecule has 1 aliphatic rings. The fraction of sp³-hybridized carbons (Fsp3) is 1.00. The first-order valence-electron chi connectivity index (χ1n) is 3.88. The minimum atomic E-state index is 0.333. The number of rotatable bonds is 2. The van der Waals surface area contributed by atoms with Gasteiger partial charge in [-0.2, -0.15) is 0 Å². The summed E-state index contributed by atoms with van der Waals surface area (Å²) in [5.74, 6) is 0.662. The van der Waals surface area contributed by atoms with Crippen molar-refractivity contribution in [2.75, 3.05) is 13.7 Å².